The molecule has 2 aromatic heterocycles. The van der Waals surface area contributed by atoms with Crippen LogP contribution in [0.5, 0.6) is 17.2 Å². The van der Waals surface area contributed by atoms with Gasteiger partial charge in [-0.05, 0) is 47.2 Å². The first-order valence-corrected chi connectivity index (χ1v) is 10.9. The smallest absolute Gasteiger partial charge is 0.291 e. The highest BCUT2D eigenvalue weighted by molar-refractivity contribution is 6.02. The maximum absolute atomic E-state index is 12.7. The summed E-state index contributed by atoms with van der Waals surface area (Å²) in [5.74, 6) is 1.17. The third-order valence-electron chi connectivity index (χ3n) is 5.22. The van der Waals surface area contributed by atoms with E-state index in [2.05, 4.69) is 10.3 Å². The van der Waals surface area contributed by atoms with Gasteiger partial charge in [-0.25, -0.2) is 0 Å². The van der Waals surface area contributed by atoms with Gasteiger partial charge in [0.05, 0.1) is 22.9 Å². The highest BCUT2D eigenvalue weighted by atomic mass is 16.6. The van der Waals surface area contributed by atoms with Crippen LogP contribution in [0.25, 0.3) is 10.8 Å². The number of nitro benzene ring substituents is 1. The number of rotatable bonds is 8. The minimum atomic E-state index is -0.570. The normalized spacial score (nSPS) is 10.7. The predicted molar refractivity (Wildman–Crippen MR) is 132 cm³/mol. The zero-order valence-corrected chi connectivity index (χ0v) is 18.8. The van der Waals surface area contributed by atoms with Crippen molar-refractivity contribution < 1.29 is 23.6 Å². The quantitative estimate of drug-likeness (QED) is 0.202. The summed E-state index contributed by atoms with van der Waals surface area (Å²) in [7, 11) is 0. The van der Waals surface area contributed by atoms with Gasteiger partial charge in [0.1, 0.15) is 29.6 Å². The first kappa shape index (κ1) is 22.6. The molecule has 0 saturated carbocycles. The fraction of sp³-hybridized carbons (Fsp3) is 0.0370. The lowest BCUT2D eigenvalue weighted by atomic mass is 10.1. The number of ether oxygens (including phenoxy) is 2. The van der Waals surface area contributed by atoms with Crippen molar-refractivity contribution in [3.63, 3.8) is 0 Å². The Hall–Kier alpha value is -5.18. The molecular weight excluding hydrogens is 462 g/mol. The number of hydrogen-bond acceptors (Lipinski definition) is 7. The summed E-state index contributed by atoms with van der Waals surface area (Å²) in [6.45, 7) is 0.130. The van der Waals surface area contributed by atoms with Crippen molar-refractivity contribution >= 4 is 28.1 Å². The molecule has 9 nitrogen and oxygen atoms in total. The van der Waals surface area contributed by atoms with Crippen molar-refractivity contribution in [1.82, 2.24) is 4.98 Å². The number of aromatic nitrogens is 1. The Balaban J connectivity index is 1.27. The summed E-state index contributed by atoms with van der Waals surface area (Å²) >= 11 is 0. The van der Waals surface area contributed by atoms with Crippen LogP contribution in [-0.2, 0) is 6.61 Å². The van der Waals surface area contributed by atoms with E-state index in [-0.39, 0.29) is 29.5 Å². The average molecular weight is 481 g/mol. The number of hydrogen-bond donors (Lipinski definition) is 1. The van der Waals surface area contributed by atoms with E-state index in [1.54, 1.807) is 24.4 Å². The summed E-state index contributed by atoms with van der Waals surface area (Å²) in [5.41, 5.74) is -0.0611. The van der Waals surface area contributed by atoms with Crippen LogP contribution in [0.3, 0.4) is 0 Å². The van der Waals surface area contributed by atoms with E-state index < -0.39 is 10.8 Å². The number of benzene rings is 3. The number of carbonyl (C=O) groups is 1. The van der Waals surface area contributed by atoms with Crippen LogP contribution in [0.15, 0.2) is 102 Å². The molecule has 1 N–H and O–H groups in total. The SMILES string of the molecule is O=C(Nc1cc(Oc2cccnc2)cc([N+](=O)[O-])c1)c1ccc(COc2ccc3ccccc3c2)o1. The largest absolute Gasteiger partial charge is 0.486 e. The number of fused-ring (bicyclic) bond motifs is 1. The van der Waals surface area contributed by atoms with Crippen LogP contribution in [-0.4, -0.2) is 15.8 Å². The van der Waals surface area contributed by atoms with Gasteiger partial charge < -0.3 is 19.2 Å². The molecule has 5 rings (SSSR count). The van der Waals surface area contributed by atoms with Crippen LogP contribution in [0.2, 0.25) is 0 Å². The number of amides is 1. The van der Waals surface area contributed by atoms with Crippen LogP contribution in [0.4, 0.5) is 11.4 Å². The Labute approximate surface area is 205 Å². The van der Waals surface area contributed by atoms with Gasteiger partial charge in [0.2, 0.25) is 0 Å². The van der Waals surface area contributed by atoms with Gasteiger partial charge in [0.25, 0.3) is 11.6 Å². The number of nitrogens with one attached hydrogen (secondary N) is 1. The molecule has 5 aromatic rings. The third kappa shape index (κ3) is 5.31. The first-order valence-electron chi connectivity index (χ1n) is 10.9. The minimum Gasteiger partial charge on any atom is -0.486 e. The Bertz CT molecular complexity index is 1550. The Morgan fingerprint density at radius 3 is 2.58 bits per heavy atom. The number of carbonyl (C=O) groups excluding carboxylic acids is 1. The highest BCUT2D eigenvalue weighted by Gasteiger charge is 2.16. The number of nitrogens with zero attached hydrogens (tertiary/aromatic N) is 2. The van der Waals surface area contributed by atoms with Crippen molar-refractivity contribution in [2.45, 2.75) is 6.61 Å². The second-order valence-corrected chi connectivity index (χ2v) is 7.78. The molecule has 0 aliphatic rings. The number of nitro groups is 1. The molecule has 0 bridgehead atoms. The van der Waals surface area contributed by atoms with Gasteiger partial charge in [-0.3, -0.25) is 19.9 Å². The maximum atomic E-state index is 12.7. The van der Waals surface area contributed by atoms with E-state index in [9.17, 15) is 14.9 Å². The lowest BCUT2D eigenvalue weighted by molar-refractivity contribution is -0.384. The van der Waals surface area contributed by atoms with E-state index in [0.29, 0.717) is 17.3 Å². The molecule has 0 radical (unpaired) electrons. The van der Waals surface area contributed by atoms with E-state index in [1.165, 1.54) is 30.5 Å². The highest BCUT2D eigenvalue weighted by Crippen LogP contribution is 2.30. The third-order valence-corrected chi connectivity index (χ3v) is 5.22. The van der Waals surface area contributed by atoms with Crippen molar-refractivity contribution in [3.8, 4) is 17.2 Å². The average Bonchev–Trinajstić information content (AvgIpc) is 3.37. The summed E-state index contributed by atoms with van der Waals surface area (Å²) in [6, 6.07) is 24.2. The zero-order chi connectivity index (χ0) is 24.9. The van der Waals surface area contributed by atoms with Crippen LogP contribution in [0, 0.1) is 10.1 Å². The Morgan fingerprint density at radius 1 is 0.917 bits per heavy atom. The molecule has 36 heavy (non-hydrogen) atoms. The van der Waals surface area contributed by atoms with Gasteiger partial charge in [-0.1, -0.05) is 30.3 Å². The van der Waals surface area contributed by atoms with Gasteiger partial charge >= 0.3 is 0 Å². The van der Waals surface area contributed by atoms with Gasteiger partial charge in [-0.15, -0.1) is 0 Å². The molecule has 3 aromatic carbocycles. The monoisotopic (exact) mass is 481 g/mol. The number of non-ortho nitro benzene ring substituents is 1. The van der Waals surface area contributed by atoms with Crippen LogP contribution in [0.1, 0.15) is 16.3 Å². The molecular formula is C27H19N3O6. The molecule has 0 aliphatic heterocycles. The fourth-order valence-corrected chi connectivity index (χ4v) is 3.55. The summed E-state index contributed by atoms with van der Waals surface area (Å²) < 4.78 is 17.1. The number of furan rings is 1. The van der Waals surface area contributed by atoms with Crippen molar-refractivity contribution in [1.29, 1.82) is 0 Å². The molecule has 2 heterocycles. The molecule has 178 valence electrons. The van der Waals surface area contributed by atoms with Crippen molar-refractivity contribution in [3.05, 3.63) is 119 Å². The molecule has 0 fully saturated rings. The molecule has 0 saturated heterocycles. The van der Waals surface area contributed by atoms with Crippen LogP contribution < -0.4 is 14.8 Å². The Kier molecular flexibility index (Phi) is 6.27. The molecule has 0 unspecified atom stereocenters. The molecule has 0 aliphatic carbocycles. The number of pyridine rings is 1. The standard InChI is InChI=1S/C27H19N3O6/c31-27(29-20-13-21(30(32)33)15-25(14-20)35-23-6-3-11-28-16-23)26-10-9-24(36-26)17-34-22-8-7-18-4-1-2-5-19(18)12-22/h1-16H,17H2,(H,29,31). The lowest BCUT2D eigenvalue weighted by Gasteiger charge is -2.09. The van der Waals surface area contributed by atoms with E-state index in [1.807, 2.05) is 42.5 Å². The molecule has 9 heteroatoms. The summed E-state index contributed by atoms with van der Waals surface area (Å²) in [6.07, 6.45) is 3.05. The lowest BCUT2D eigenvalue weighted by Crippen LogP contribution is -2.11. The van der Waals surface area contributed by atoms with E-state index in [0.717, 1.165) is 10.8 Å². The second-order valence-electron chi connectivity index (χ2n) is 7.78. The summed E-state index contributed by atoms with van der Waals surface area (Å²) in [5, 5.41) is 16.1. The van der Waals surface area contributed by atoms with Crippen molar-refractivity contribution in [2.75, 3.05) is 5.32 Å². The van der Waals surface area contributed by atoms with Crippen LogP contribution >= 0.6 is 0 Å². The topological polar surface area (TPSA) is 117 Å². The number of anilines is 1. The van der Waals surface area contributed by atoms with Gasteiger partial charge in [0.15, 0.2) is 5.76 Å². The summed E-state index contributed by atoms with van der Waals surface area (Å²) in [4.78, 5) is 27.5. The second kappa shape index (κ2) is 9.98. The zero-order valence-electron chi connectivity index (χ0n) is 18.8. The van der Waals surface area contributed by atoms with Gasteiger partial charge in [0, 0.05) is 18.3 Å². The molecule has 0 atom stereocenters. The Morgan fingerprint density at radius 2 is 1.78 bits per heavy atom. The molecule has 0 spiro atoms. The fourth-order valence-electron chi connectivity index (χ4n) is 3.55. The minimum absolute atomic E-state index is 0.0355. The first-order chi connectivity index (χ1) is 17.5. The maximum Gasteiger partial charge on any atom is 0.291 e. The molecule has 1 amide bonds. The predicted octanol–water partition coefficient (Wildman–Crippen LogP) is 6.36. The van der Waals surface area contributed by atoms with E-state index in [4.69, 9.17) is 13.9 Å². The van der Waals surface area contributed by atoms with Gasteiger partial charge in [-0.2, -0.15) is 0 Å². The van der Waals surface area contributed by atoms with Crippen molar-refractivity contribution in [2.24, 2.45) is 0 Å². The van der Waals surface area contributed by atoms with E-state index >= 15 is 0 Å².